The van der Waals surface area contributed by atoms with E-state index in [1.807, 2.05) is 0 Å². The van der Waals surface area contributed by atoms with Gasteiger partial charge in [-0.25, -0.2) is 9.67 Å². The van der Waals surface area contributed by atoms with E-state index in [1.165, 1.54) is 12.8 Å². The fraction of sp³-hybridized carbons (Fsp3) is 0.778. The number of hydrogen-bond donors (Lipinski definition) is 0. The van der Waals surface area contributed by atoms with Gasteiger partial charge in [0.1, 0.15) is 12.2 Å². The lowest BCUT2D eigenvalue weighted by molar-refractivity contribution is 0.521. The highest BCUT2D eigenvalue weighted by atomic mass is 15.3. The highest BCUT2D eigenvalue weighted by Gasteiger charge is 2.23. The molecule has 0 atom stereocenters. The fourth-order valence-electron chi connectivity index (χ4n) is 1.41. The molecule has 0 amide bonds. The minimum Gasteiger partial charge on any atom is -0.250 e. The zero-order valence-electron chi connectivity index (χ0n) is 7.70. The summed E-state index contributed by atoms with van der Waals surface area (Å²) in [6.45, 7) is 5.40. The fourth-order valence-corrected chi connectivity index (χ4v) is 1.41. The van der Waals surface area contributed by atoms with Crippen LogP contribution in [0.15, 0.2) is 6.33 Å². The van der Waals surface area contributed by atoms with Crippen molar-refractivity contribution < 1.29 is 0 Å². The van der Waals surface area contributed by atoms with Crippen molar-refractivity contribution in [3.63, 3.8) is 0 Å². The van der Waals surface area contributed by atoms with Crippen LogP contribution in [-0.4, -0.2) is 14.8 Å². The molecule has 0 spiro atoms. The third kappa shape index (κ3) is 1.49. The molecule has 0 bridgehead atoms. The summed E-state index contributed by atoms with van der Waals surface area (Å²) < 4.78 is 2.06. The van der Waals surface area contributed by atoms with Crippen molar-refractivity contribution >= 4 is 0 Å². The first-order chi connectivity index (χ1) is 5.77. The molecule has 1 heterocycles. The van der Waals surface area contributed by atoms with Crippen LogP contribution in [0.3, 0.4) is 0 Å². The predicted molar refractivity (Wildman–Crippen MR) is 46.8 cm³/mol. The van der Waals surface area contributed by atoms with E-state index in [1.54, 1.807) is 6.33 Å². The molecule has 1 saturated carbocycles. The Hall–Kier alpha value is -0.860. The van der Waals surface area contributed by atoms with E-state index >= 15 is 0 Å². The topological polar surface area (TPSA) is 30.7 Å². The van der Waals surface area contributed by atoms with Crippen LogP contribution in [0.2, 0.25) is 0 Å². The maximum Gasteiger partial charge on any atom is 0.138 e. The standard InChI is InChI=1S/C9H15N3/c1-7(2)9-10-6-11-12(9)5-8-3-4-8/h6-8H,3-5H2,1-2H3. The zero-order chi connectivity index (χ0) is 8.55. The molecule has 66 valence electrons. The summed E-state index contributed by atoms with van der Waals surface area (Å²) in [6, 6.07) is 0. The Kier molecular flexibility index (Phi) is 1.87. The largest absolute Gasteiger partial charge is 0.250 e. The van der Waals surface area contributed by atoms with Gasteiger partial charge in [-0.3, -0.25) is 0 Å². The Morgan fingerprint density at radius 2 is 2.33 bits per heavy atom. The highest BCUT2D eigenvalue weighted by molar-refractivity contribution is 4.92. The quantitative estimate of drug-likeness (QED) is 0.684. The van der Waals surface area contributed by atoms with Crippen molar-refractivity contribution in [3.8, 4) is 0 Å². The van der Waals surface area contributed by atoms with Crippen LogP contribution in [0.4, 0.5) is 0 Å². The molecule has 1 aromatic rings. The molecule has 3 nitrogen and oxygen atoms in total. The van der Waals surface area contributed by atoms with Crippen molar-refractivity contribution in [2.24, 2.45) is 5.92 Å². The van der Waals surface area contributed by atoms with Crippen molar-refractivity contribution in [1.29, 1.82) is 0 Å². The molecule has 1 aliphatic rings. The van der Waals surface area contributed by atoms with Gasteiger partial charge in [0.2, 0.25) is 0 Å². The lowest BCUT2D eigenvalue weighted by atomic mass is 10.2. The van der Waals surface area contributed by atoms with Gasteiger partial charge in [0, 0.05) is 12.5 Å². The van der Waals surface area contributed by atoms with Gasteiger partial charge >= 0.3 is 0 Å². The molecule has 1 aromatic heterocycles. The summed E-state index contributed by atoms with van der Waals surface area (Å²) in [5.41, 5.74) is 0. The molecule has 1 fully saturated rings. The van der Waals surface area contributed by atoms with Crippen LogP contribution in [0.1, 0.15) is 38.4 Å². The maximum atomic E-state index is 4.25. The highest BCUT2D eigenvalue weighted by Crippen LogP contribution is 2.31. The van der Waals surface area contributed by atoms with Crippen LogP contribution in [0.5, 0.6) is 0 Å². The Morgan fingerprint density at radius 3 is 2.92 bits per heavy atom. The molecular formula is C9H15N3. The third-order valence-electron chi connectivity index (χ3n) is 2.29. The summed E-state index contributed by atoms with van der Waals surface area (Å²) in [7, 11) is 0. The SMILES string of the molecule is CC(C)c1ncnn1CC1CC1. The first kappa shape index (κ1) is 7.77. The van der Waals surface area contributed by atoms with Crippen molar-refractivity contribution in [2.45, 2.75) is 39.2 Å². The maximum absolute atomic E-state index is 4.25. The lowest BCUT2D eigenvalue weighted by Crippen LogP contribution is -2.08. The van der Waals surface area contributed by atoms with Crippen LogP contribution < -0.4 is 0 Å². The summed E-state index contributed by atoms with van der Waals surface area (Å²) in [5.74, 6) is 2.50. The van der Waals surface area contributed by atoms with Crippen LogP contribution in [-0.2, 0) is 6.54 Å². The number of rotatable bonds is 3. The third-order valence-corrected chi connectivity index (χ3v) is 2.29. The summed E-state index contributed by atoms with van der Waals surface area (Å²) in [4.78, 5) is 4.25. The molecule has 0 aliphatic heterocycles. The first-order valence-corrected chi connectivity index (χ1v) is 4.65. The van der Waals surface area contributed by atoms with Crippen LogP contribution >= 0.6 is 0 Å². The molecule has 2 rings (SSSR count). The molecular weight excluding hydrogens is 150 g/mol. The number of nitrogens with zero attached hydrogens (tertiary/aromatic N) is 3. The van der Waals surface area contributed by atoms with Crippen molar-refractivity contribution in [2.75, 3.05) is 0 Å². The van der Waals surface area contributed by atoms with Gasteiger partial charge in [-0.1, -0.05) is 13.8 Å². The van der Waals surface area contributed by atoms with Crippen molar-refractivity contribution in [3.05, 3.63) is 12.2 Å². The second-order valence-corrected chi connectivity index (χ2v) is 3.90. The van der Waals surface area contributed by atoms with Gasteiger partial charge < -0.3 is 0 Å². The van der Waals surface area contributed by atoms with E-state index in [2.05, 4.69) is 28.6 Å². The minimum atomic E-state index is 0.492. The summed E-state index contributed by atoms with van der Waals surface area (Å²) in [5, 5.41) is 4.22. The van der Waals surface area contributed by atoms with E-state index in [9.17, 15) is 0 Å². The van der Waals surface area contributed by atoms with E-state index in [0.29, 0.717) is 5.92 Å². The van der Waals surface area contributed by atoms with E-state index in [-0.39, 0.29) is 0 Å². The van der Waals surface area contributed by atoms with Crippen LogP contribution in [0, 0.1) is 5.92 Å². The average molecular weight is 165 g/mol. The van der Waals surface area contributed by atoms with Crippen molar-refractivity contribution in [1.82, 2.24) is 14.8 Å². The zero-order valence-corrected chi connectivity index (χ0v) is 7.70. The van der Waals surface area contributed by atoms with E-state index < -0.39 is 0 Å². The van der Waals surface area contributed by atoms with Gasteiger partial charge in [-0.15, -0.1) is 0 Å². The minimum absolute atomic E-state index is 0.492. The van der Waals surface area contributed by atoms with E-state index in [0.717, 1.165) is 18.3 Å². The van der Waals surface area contributed by atoms with Gasteiger partial charge in [0.25, 0.3) is 0 Å². The molecule has 1 aliphatic carbocycles. The predicted octanol–water partition coefficient (Wildman–Crippen LogP) is 1.81. The molecule has 0 saturated heterocycles. The number of hydrogen-bond acceptors (Lipinski definition) is 2. The van der Waals surface area contributed by atoms with Gasteiger partial charge in [-0.2, -0.15) is 5.10 Å². The molecule has 3 heteroatoms. The molecule has 0 radical (unpaired) electrons. The van der Waals surface area contributed by atoms with Gasteiger partial charge in [-0.05, 0) is 18.8 Å². The van der Waals surface area contributed by atoms with Gasteiger partial charge in [0.05, 0.1) is 0 Å². The summed E-state index contributed by atoms with van der Waals surface area (Å²) in [6.07, 6.45) is 4.41. The molecule has 0 aromatic carbocycles. The molecule has 12 heavy (non-hydrogen) atoms. The monoisotopic (exact) mass is 165 g/mol. The first-order valence-electron chi connectivity index (χ1n) is 4.65. The molecule has 0 N–H and O–H groups in total. The second-order valence-electron chi connectivity index (χ2n) is 3.90. The normalized spacial score (nSPS) is 17.2. The van der Waals surface area contributed by atoms with Crippen LogP contribution in [0.25, 0.3) is 0 Å². The Morgan fingerprint density at radius 1 is 1.58 bits per heavy atom. The Bertz CT molecular complexity index is 260. The second kappa shape index (κ2) is 2.88. The molecule has 0 unspecified atom stereocenters. The smallest absolute Gasteiger partial charge is 0.138 e. The Labute approximate surface area is 72.8 Å². The summed E-state index contributed by atoms with van der Waals surface area (Å²) >= 11 is 0. The van der Waals surface area contributed by atoms with Gasteiger partial charge in [0.15, 0.2) is 0 Å². The number of aromatic nitrogens is 3. The van der Waals surface area contributed by atoms with E-state index in [4.69, 9.17) is 0 Å². The average Bonchev–Trinajstić information content (AvgIpc) is 2.66. The Balaban J connectivity index is 2.11. The lowest BCUT2D eigenvalue weighted by Gasteiger charge is -2.06.